The van der Waals surface area contributed by atoms with Crippen molar-refractivity contribution in [2.75, 3.05) is 0 Å². The maximum atomic E-state index is 11.3. The number of aryl methyl sites for hydroxylation is 2. The molecule has 0 aliphatic carbocycles. The first-order chi connectivity index (χ1) is 8.06. The first-order valence-corrected chi connectivity index (χ1v) is 5.94. The summed E-state index contributed by atoms with van der Waals surface area (Å²) >= 11 is 5.98. The van der Waals surface area contributed by atoms with Gasteiger partial charge in [-0.05, 0) is 30.2 Å². The molecule has 1 heterocycles. The molecule has 0 spiro atoms. The van der Waals surface area contributed by atoms with E-state index in [0.29, 0.717) is 10.7 Å². The predicted molar refractivity (Wildman–Crippen MR) is 68.9 cm³/mol. The predicted octanol–water partition coefficient (Wildman–Crippen LogP) is 3.48. The molecule has 0 bridgehead atoms. The normalized spacial score (nSPS) is 11.0. The Balaban J connectivity index is 2.83. The molecule has 0 amide bonds. The minimum atomic E-state index is -0.886. The van der Waals surface area contributed by atoms with E-state index in [0.717, 1.165) is 29.3 Å². The van der Waals surface area contributed by atoms with Gasteiger partial charge in [0, 0.05) is 23.0 Å². The highest BCUT2D eigenvalue weighted by molar-refractivity contribution is 6.31. The fourth-order valence-electron chi connectivity index (χ4n) is 2.27. The molecule has 17 heavy (non-hydrogen) atoms. The Kier molecular flexibility index (Phi) is 3.11. The van der Waals surface area contributed by atoms with Crippen LogP contribution in [-0.4, -0.2) is 15.6 Å². The zero-order valence-corrected chi connectivity index (χ0v) is 10.6. The lowest BCUT2D eigenvalue weighted by atomic mass is 10.1. The number of carboxylic acid groups (broad SMARTS) is 1. The van der Waals surface area contributed by atoms with Gasteiger partial charge < -0.3 is 9.67 Å². The van der Waals surface area contributed by atoms with Crippen LogP contribution in [-0.2, 0) is 13.5 Å². The van der Waals surface area contributed by atoms with E-state index >= 15 is 0 Å². The molecule has 1 N–H and O–H groups in total. The van der Waals surface area contributed by atoms with Crippen LogP contribution < -0.4 is 0 Å². The number of hydrogen-bond acceptors (Lipinski definition) is 1. The molecule has 90 valence electrons. The fraction of sp³-hybridized carbons (Fsp3) is 0.308. The van der Waals surface area contributed by atoms with E-state index < -0.39 is 5.97 Å². The fourth-order valence-corrected chi connectivity index (χ4v) is 2.44. The summed E-state index contributed by atoms with van der Waals surface area (Å²) in [6, 6.07) is 5.49. The number of halogens is 1. The van der Waals surface area contributed by atoms with E-state index in [1.165, 1.54) is 0 Å². The monoisotopic (exact) mass is 251 g/mol. The molecule has 2 rings (SSSR count). The second kappa shape index (κ2) is 4.41. The average molecular weight is 252 g/mol. The quantitative estimate of drug-likeness (QED) is 0.907. The van der Waals surface area contributed by atoms with Crippen molar-refractivity contribution in [3.63, 3.8) is 0 Å². The summed E-state index contributed by atoms with van der Waals surface area (Å²) in [6.07, 6.45) is 1.66. The first-order valence-electron chi connectivity index (χ1n) is 5.56. The van der Waals surface area contributed by atoms with E-state index in [-0.39, 0.29) is 0 Å². The van der Waals surface area contributed by atoms with Gasteiger partial charge >= 0.3 is 5.97 Å². The SMILES string of the molecule is CCCc1c(C(=O)O)n(C)c2ccc(Cl)cc12. The number of carbonyl (C=O) groups is 1. The van der Waals surface area contributed by atoms with Crippen LogP contribution in [0.15, 0.2) is 18.2 Å². The van der Waals surface area contributed by atoms with E-state index in [2.05, 4.69) is 0 Å². The number of hydrogen-bond donors (Lipinski definition) is 1. The van der Waals surface area contributed by atoms with Crippen molar-refractivity contribution in [2.24, 2.45) is 7.05 Å². The van der Waals surface area contributed by atoms with Crippen LogP contribution in [0.3, 0.4) is 0 Å². The maximum Gasteiger partial charge on any atom is 0.352 e. The van der Waals surface area contributed by atoms with Crippen molar-refractivity contribution in [2.45, 2.75) is 19.8 Å². The summed E-state index contributed by atoms with van der Waals surface area (Å²) < 4.78 is 1.72. The lowest BCUT2D eigenvalue weighted by molar-refractivity contribution is 0.0686. The van der Waals surface area contributed by atoms with Gasteiger partial charge in [-0.25, -0.2) is 4.79 Å². The topological polar surface area (TPSA) is 42.2 Å². The van der Waals surface area contributed by atoms with Gasteiger partial charge in [0.25, 0.3) is 0 Å². The van der Waals surface area contributed by atoms with E-state index in [1.54, 1.807) is 17.7 Å². The third-order valence-corrected chi connectivity index (χ3v) is 3.20. The van der Waals surface area contributed by atoms with Gasteiger partial charge in [0.05, 0.1) is 0 Å². The van der Waals surface area contributed by atoms with Crippen LogP contribution >= 0.6 is 11.6 Å². The third-order valence-electron chi connectivity index (χ3n) is 2.97. The maximum absolute atomic E-state index is 11.3. The Morgan fingerprint density at radius 2 is 2.18 bits per heavy atom. The van der Waals surface area contributed by atoms with Crippen LogP contribution in [0.5, 0.6) is 0 Å². The minimum absolute atomic E-state index is 0.365. The van der Waals surface area contributed by atoms with Gasteiger partial charge in [-0.2, -0.15) is 0 Å². The average Bonchev–Trinajstić information content (AvgIpc) is 2.52. The number of nitrogens with zero attached hydrogens (tertiary/aromatic N) is 1. The molecule has 1 aromatic heterocycles. The van der Waals surface area contributed by atoms with Gasteiger partial charge in [0.1, 0.15) is 5.69 Å². The summed E-state index contributed by atoms with van der Waals surface area (Å²) in [6.45, 7) is 2.04. The Bertz CT molecular complexity index is 587. The van der Waals surface area contributed by atoms with Crippen molar-refractivity contribution in [3.05, 3.63) is 34.5 Å². The molecule has 2 aromatic rings. The summed E-state index contributed by atoms with van der Waals surface area (Å²) in [5.41, 5.74) is 2.15. The van der Waals surface area contributed by atoms with E-state index in [4.69, 9.17) is 11.6 Å². The summed E-state index contributed by atoms with van der Waals surface area (Å²) in [7, 11) is 1.78. The summed E-state index contributed by atoms with van der Waals surface area (Å²) in [5.74, 6) is -0.886. The van der Waals surface area contributed by atoms with Gasteiger partial charge in [0.2, 0.25) is 0 Å². The highest BCUT2D eigenvalue weighted by Gasteiger charge is 2.19. The molecule has 0 aliphatic rings. The first kappa shape index (κ1) is 12.0. The minimum Gasteiger partial charge on any atom is -0.477 e. The third kappa shape index (κ3) is 1.91. The number of aromatic carboxylic acids is 1. The molecule has 0 atom stereocenters. The zero-order valence-electron chi connectivity index (χ0n) is 9.83. The second-order valence-corrected chi connectivity index (χ2v) is 4.54. The van der Waals surface area contributed by atoms with Crippen LogP contribution in [0.2, 0.25) is 5.02 Å². The summed E-state index contributed by atoms with van der Waals surface area (Å²) in [5, 5.41) is 10.9. The number of benzene rings is 1. The Labute approximate surface area is 105 Å². The number of carboxylic acids is 1. The molecule has 4 heteroatoms. The van der Waals surface area contributed by atoms with Crippen molar-refractivity contribution >= 4 is 28.5 Å². The van der Waals surface area contributed by atoms with E-state index in [9.17, 15) is 9.90 Å². The van der Waals surface area contributed by atoms with Crippen LogP contribution in [0.25, 0.3) is 10.9 Å². The molecular formula is C13H14ClNO2. The van der Waals surface area contributed by atoms with Crippen molar-refractivity contribution in [3.8, 4) is 0 Å². The summed E-state index contributed by atoms with van der Waals surface area (Å²) in [4.78, 5) is 11.3. The van der Waals surface area contributed by atoms with Crippen LogP contribution in [0, 0.1) is 0 Å². The van der Waals surface area contributed by atoms with Gasteiger partial charge in [-0.3, -0.25) is 0 Å². The highest BCUT2D eigenvalue weighted by Crippen LogP contribution is 2.29. The largest absolute Gasteiger partial charge is 0.477 e. The number of aromatic nitrogens is 1. The molecule has 3 nitrogen and oxygen atoms in total. The van der Waals surface area contributed by atoms with E-state index in [1.807, 2.05) is 19.1 Å². The van der Waals surface area contributed by atoms with Crippen molar-refractivity contribution < 1.29 is 9.90 Å². The van der Waals surface area contributed by atoms with Gasteiger partial charge in [-0.15, -0.1) is 0 Å². The van der Waals surface area contributed by atoms with Crippen LogP contribution in [0.1, 0.15) is 29.4 Å². The second-order valence-electron chi connectivity index (χ2n) is 4.10. The molecule has 0 radical (unpaired) electrons. The highest BCUT2D eigenvalue weighted by atomic mass is 35.5. The number of fused-ring (bicyclic) bond motifs is 1. The molecule has 0 saturated heterocycles. The molecule has 0 saturated carbocycles. The molecule has 1 aromatic carbocycles. The van der Waals surface area contributed by atoms with Gasteiger partial charge in [-0.1, -0.05) is 24.9 Å². The zero-order chi connectivity index (χ0) is 12.6. The lowest BCUT2D eigenvalue weighted by Gasteiger charge is -2.01. The standard InChI is InChI=1S/C13H14ClNO2/c1-3-4-9-10-7-8(14)5-6-11(10)15(2)12(9)13(16)17/h5-7H,3-4H2,1-2H3,(H,16,17). The molecular weight excluding hydrogens is 238 g/mol. The Morgan fingerprint density at radius 3 is 2.76 bits per heavy atom. The smallest absolute Gasteiger partial charge is 0.352 e. The Hall–Kier alpha value is -1.48. The molecule has 0 unspecified atom stereocenters. The van der Waals surface area contributed by atoms with Gasteiger partial charge in [0.15, 0.2) is 0 Å². The lowest BCUT2D eigenvalue weighted by Crippen LogP contribution is -2.07. The van der Waals surface area contributed by atoms with Crippen molar-refractivity contribution in [1.82, 2.24) is 4.57 Å². The molecule has 0 aliphatic heterocycles. The van der Waals surface area contributed by atoms with Crippen molar-refractivity contribution in [1.29, 1.82) is 0 Å². The van der Waals surface area contributed by atoms with Crippen LogP contribution in [0.4, 0.5) is 0 Å². The number of rotatable bonds is 3. The molecule has 0 fully saturated rings. The Morgan fingerprint density at radius 1 is 1.47 bits per heavy atom.